The Kier molecular flexibility index (Phi) is 6.43. The zero-order valence-electron chi connectivity index (χ0n) is 14.3. The predicted octanol–water partition coefficient (Wildman–Crippen LogP) is 0.548. The fourth-order valence-electron chi connectivity index (χ4n) is 2.58. The molecule has 3 N–H and O–H groups in total. The average Bonchev–Trinajstić information content (AvgIpc) is 2.61. The second-order valence-corrected chi connectivity index (χ2v) is 5.88. The minimum Gasteiger partial charge on any atom is -0.493 e. The van der Waals surface area contributed by atoms with Crippen LogP contribution in [0.5, 0.6) is 11.5 Å². The molecule has 1 heterocycles. The number of carbonyl (C=O) groups excluding carboxylic acids is 2. The summed E-state index contributed by atoms with van der Waals surface area (Å²) in [6, 6.07) is 5.04. The average molecular weight is 335 g/mol. The van der Waals surface area contributed by atoms with E-state index in [2.05, 4.69) is 22.9 Å². The van der Waals surface area contributed by atoms with Gasteiger partial charge >= 0.3 is 0 Å². The SMILES string of the molecule is CNC(=O)COc1ccc(C(=O)NC2CNCCC2C)cc1OC. The van der Waals surface area contributed by atoms with Crippen molar-refractivity contribution in [1.82, 2.24) is 16.0 Å². The van der Waals surface area contributed by atoms with Crippen LogP contribution in [0.4, 0.5) is 0 Å². The molecule has 0 aliphatic carbocycles. The lowest BCUT2D eigenvalue weighted by Crippen LogP contribution is -2.50. The summed E-state index contributed by atoms with van der Waals surface area (Å²) in [6.45, 7) is 3.79. The Bertz CT molecular complexity index is 591. The number of benzene rings is 1. The minimum atomic E-state index is -0.238. The number of amides is 2. The quantitative estimate of drug-likeness (QED) is 0.706. The van der Waals surface area contributed by atoms with Crippen LogP contribution in [-0.4, -0.2) is 51.7 Å². The van der Waals surface area contributed by atoms with Crippen LogP contribution in [0.2, 0.25) is 0 Å². The molecule has 2 atom stereocenters. The molecule has 24 heavy (non-hydrogen) atoms. The summed E-state index contributed by atoms with van der Waals surface area (Å²) in [6.07, 6.45) is 1.04. The Morgan fingerprint density at radius 2 is 2.12 bits per heavy atom. The molecule has 7 nitrogen and oxygen atoms in total. The van der Waals surface area contributed by atoms with Crippen molar-refractivity contribution in [3.05, 3.63) is 23.8 Å². The molecule has 2 unspecified atom stereocenters. The normalized spacial score (nSPS) is 20.1. The van der Waals surface area contributed by atoms with Crippen molar-refractivity contribution in [3.63, 3.8) is 0 Å². The highest BCUT2D eigenvalue weighted by molar-refractivity contribution is 5.95. The molecule has 0 aromatic heterocycles. The molecule has 2 amide bonds. The van der Waals surface area contributed by atoms with Crippen molar-refractivity contribution in [2.75, 3.05) is 33.9 Å². The Balaban J connectivity index is 2.04. The summed E-state index contributed by atoms with van der Waals surface area (Å²) in [5.41, 5.74) is 0.497. The van der Waals surface area contributed by atoms with E-state index in [0.29, 0.717) is 23.0 Å². The number of rotatable bonds is 6. The van der Waals surface area contributed by atoms with E-state index < -0.39 is 0 Å². The van der Waals surface area contributed by atoms with Gasteiger partial charge in [-0.2, -0.15) is 0 Å². The number of ether oxygens (including phenoxy) is 2. The van der Waals surface area contributed by atoms with Crippen molar-refractivity contribution in [2.45, 2.75) is 19.4 Å². The van der Waals surface area contributed by atoms with Crippen molar-refractivity contribution in [2.24, 2.45) is 5.92 Å². The Labute approximate surface area is 142 Å². The molecule has 132 valence electrons. The van der Waals surface area contributed by atoms with Gasteiger partial charge in [0.05, 0.1) is 7.11 Å². The van der Waals surface area contributed by atoms with Crippen molar-refractivity contribution in [1.29, 1.82) is 0 Å². The number of methoxy groups -OCH3 is 1. The third-order valence-corrected chi connectivity index (χ3v) is 4.21. The maximum absolute atomic E-state index is 12.5. The first-order chi connectivity index (χ1) is 11.5. The largest absolute Gasteiger partial charge is 0.493 e. The molecular weight excluding hydrogens is 310 g/mol. The summed E-state index contributed by atoms with van der Waals surface area (Å²) < 4.78 is 10.7. The van der Waals surface area contributed by atoms with Crippen LogP contribution in [0.3, 0.4) is 0 Å². The number of hydrogen-bond acceptors (Lipinski definition) is 5. The van der Waals surface area contributed by atoms with Gasteiger partial charge in [-0.05, 0) is 37.1 Å². The first kappa shape index (κ1) is 18.1. The molecule has 7 heteroatoms. The zero-order chi connectivity index (χ0) is 17.5. The lowest BCUT2D eigenvalue weighted by atomic mass is 9.94. The summed E-state index contributed by atoms with van der Waals surface area (Å²) in [5.74, 6) is 0.892. The molecule has 1 aliphatic heterocycles. The third kappa shape index (κ3) is 4.61. The van der Waals surface area contributed by atoms with Crippen LogP contribution in [0, 0.1) is 5.92 Å². The molecule has 2 rings (SSSR count). The van der Waals surface area contributed by atoms with E-state index in [0.717, 1.165) is 19.5 Å². The summed E-state index contributed by atoms with van der Waals surface area (Å²) in [7, 11) is 3.04. The molecular formula is C17H25N3O4. The third-order valence-electron chi connectivity index (χ3n) is 4.21. The first-order valence-corrected chi connectivity index (χ1v) is 8.08. The van der Waals surface area contributed by atoms with Gasteiger partial charge in [0.25, 0.3) is 11.8 Å². The van der Waals surface area contributed by atoms with E-state index in [1.165, 1.54) is 14.2 Å². The van der Waals surface area contributed by atoms with E-state index in [1.54, 1.807) is 18.2 Å². The number of likely N-dealkylation sites (N-methyl/N-ethyl adjacent to an activating group) is 1. The number of piperidine rings is 1. The van der Waals surface area contributed by atoms with Crippen LogP contribution < -0.4 is 25.4 Å². The highest BCUT2D eigenvalue weighted by Crippen LogP contribution is 2.28. The van der Waals surface area contributed by atoms with Crippen LogP contribution in [0.25, 0.3) is 0 Å². The standard InChI is InChI=1S/C17H25N3O4/c1-11-6-7-19-9-13(11)20-17(22)12-4-5-14(15(8-12)23-3)24-10-16(21)18-2/h4-5,8,11,13,19H,6-7,9-10H2,1-3H3,(H,18,21)(H,20,22). The lowest BCUT2D eigenvalue weighted by molar-refractivity contribution is -0.122. The summed E-state index contributed by atoms with van der Waals surface area (Å²) in [5, 5.41) is 8.82. The summed E-state index contributed by atoms with van der Waals surface area (Å²) >= 11 is 0. The van der Waals surface area contributed by atoms with Gasteiger partial charge in [-0.1, -0.05) is 6.92 Å². The molecule has 1 saturated heterocycles. The van der Waals surface area contributed by atoms with Crippen LogP contribution >= 0.6 is 0 Å². The Morgan fingerprint density at radius 1 is 1.33 bits per heavy atom. The van der Waals surface area contributed by atoms with Gasteiger partial charge in [0.1, 0.15) is 0 Å². The van der Waals surface area contributed by atoms with Crippen LogP contribution in [0.15, 0.2) is 18.2 Å². The highest BCUT2D eigenvalue weighted by atomic mass is 16.5. The minimum absolute atomic E-state index is 0.107. The van der Waals surface area contributed by atoms with E-state index in [9.17, 15) is 9.59 Å². The number of nitrogens with one attached hydrogen (secondary N) is 3. The Morgan fingerprint density at radius 3 is 2.79 bits per heavy atom. The summed E-state index contributed by atoms with van der Waals surface area (Å²) in [4.78, 5) is 23.7. The molecule has 0 bridgehead atoms. The van der Waals surface area contributed by atoms with E-state index >= 15 is 0 Å². The van der Waals surface area contributed by atoms with Gasteiger partial charge in [0, 0.05) is 25.2 Å². The predicted molar refractivity (Wildman–Crippen MR) is 90.5 cm³/mol. The molecule has 1 aliphatic rings. The monoisotopic (exact) mass is 335 g/mol. The topological polar surface area (TPSA) is 88.7 Å². The second-order valence-electron chi connectivity index (χ2n) is 5.88. The van der Waals surface area contributed by atoms with Crippen LogP contribution in [-0.2, 0) is 4.79 Å². The van der Waals surface area contributed by atoms with Crippen molar-refractivity contribution >= 4 is 11.8 Å². The molecule has 1 fully saturated rings. The fraction of sp³-hybridized carbons (Fsp3) is 0.529. The number of hydrogen-bond donors (Lipinski definition) is 3. The van der Waals surface area contributed by atoms with Crippen LogP contribution in [0.1, 0.15) is 23.7 Å². The lowest BCUT2D eigenvalue weighted by Gasteiger charge is -2.30. The van der Waals surface area contributed by atoms with E-state index in [4.69, 9.17) is 9.47 Å². The highest BCUT2D eigenvalue weighted by Gasteiger charge is 2.23. The maximum Gasteiger partial charge on any atom is 0.257 e. The van der Waals surface area contributed by atoms with Crippen molar-refractivity contribution in [3.8, 4) is 11.5 Å². The zero-order valence-corrected chi connectivity index (χ0v) is 14.3. The van der Waals surface area contributed by atoms with Gasteiger partial charge in [0.15, 0.2) is 18.1 Å². The van der Waals surface area contributed by atoms with Gasteiger partial charge in [-0.3, -0.25) is 9.59 Å². The van der Waals surface area contributed by atoms with E-state index in [-0.39, 0.29) is 24.5 Å². The maximum atomic E-state index is 12.5. The Hall–Kier alpha value is -2.28. The smallest absolute Gasteiger partial charge is 0.257 e. The molecule has 1 aromatic rings. The van der Waals surface area contributed by atoms with Gasteiger partial charge < -0.3 is 25.4 Å². The van der Waals surface area contributed by atoms with Gasteiger partial charge in [-0.15, -0.1) is 0 Å². The molecule has 0 spiro atoms. The van der Waals surface area contributed by atoms with Gasteiger partial charge in [-0.25, -0.2) is 0 Å². The van der Waals surface area contributed by atoms with Crippen molar-refractivity contribution < 1.29 is 19.1 Å². The van der Waals surface area contributed by atoms with E-state index in [1.807, 2.05) is 0 Å². The second kappa shape index (κ2) is 8.54. The molecule has 0 radical (unpaired) electrons. The fourth-order valence-corrected chi connectivity index (χ4v) is 2.58. The molecule has 0 saturated carbocycles. The molecule has 1 aromatic carbocycles. The number of carbonyl (C=O) groups is 2. The van der Waals surface area contributed by atoms with Gasteiger partial charge in [0.2, 0.25) is 0 Å². The first-order valence-electron chi connectivity index (χ1n) is 8.08.